The summed E-state index contributed by atoms with van der Waals surface area (Å²) in [5.74, 6) is -0.896. The minimum atomic E-state index is -5.04. The standard InChI is InChI=1S/C28H22N8O8S2/c29-20-14-19(37)10-11-21(20)34-31-17-6-8-18(9-7-17)33-35-26-22(45(39,40)41)12-15-13-23(46(42,43)44)27(28(38)24(15)25(26)30)36-32-16-4-2-1-3-5-16/h1-14,37-38H,29-30H2,(H,39,40,41)(H,42,43,44). The second kappa shape index (κ2) is 12.3. The molecule has 0 aliphatic carbocycles. The summed E-state index contributed by atoms with van der Waals surface area (Å²) < 4.78 is 68.8. The molecule has 46 heavy (non-hydrogen) atoms. The number of nitrogens with zero attached hydrogens (tertiary/aromatic N) is 6. The van der Waals surface area contributed by atoms with Crippen LogP contribution in [0.1, 0.15) is 0 Å². The van der Waals surface area contributed by atoms with Gasteiger partial charge in [-0.2, -0.15) is 32.2 Å². The number of rotatable bonds is 8. The second-order valence-electron chi connectivity index (χ2n) is 9.45. The summed E-state index contributed by atoms with van der Waals surface area (Å²) in [7, 11) is -10.1. The molecule has 234 valence electrons. The van der Waals surface area contributed by atoms with Gasteiger partial charge in [0.15, 0.2) is 5.75 Å². The Bertz CT molecular complexity index is 2300. The maximum atomic E-state index is 12.3. The number of hydrogen-bond donors (Lipinski definition) is 6. The minimum Gasteiger partial charge on any atom is -0.508 e. The zero-order chi connectivity index (χ0) is 33.2. The molecule has 0 aliphatic heterocycles. The van der Waals surface area contributed by atoms with E-state index in [9.17, 15) is 36.2 Å². The predicted octanol–water partition coefficient (Wildman–Crippen LogP) is 7.16. The van der Waals surface area contributed by atoms with Crippen LogP contribution in [-0.2, 0) is 20.2 Å². The van der Waals surface area contributed by atoms with Crippen molar-refractivity contribution < 1.29 is 36.2 Å². The van der Waals surface area contributed by atoms with Crippen LogP contribution in [0.2, 0.25) is 0 Å². The number of anilines is 2. The van der Waals surface area contributed by atoms with Crippen molar-refractivity contribution >= 4 is 76.5 Å². The number of azo groups is 3. The zero-order valence-corrected chi connectivity index (χ0v) is 24.8. The summed E-state index contributed by atoms with van der Waals surface area (Å²) >= 11 is 0. The van der Waals surface area contributed by atoms with Crippen molar-refractivity contribution in [2.45, 2.75) is 9.79 Å². The van der Waals surface area contributed by atoms with Crippen LogP contribution >= 0.6 is 0 Å². The molecule has 16 nitrogen and oxygen atoms in total. The molecule has 8 N–H and O–H groups in total. The lowest BCUT2D eigenvalue weighted by molar-refractivity contribution is 0.472. The van der Waals surface area contributed by atoms with Crippen molar-refractivity contribution in [3.63, 3.8) is 0 Å². The van der Waals surface area contributed by atoms with E-state index in [-0.39, 0.29) is 33.6 Å². The Hall–Kier alpha value is -5.82. The van der Waals surface area contributed by atoms with Crippen molar-refractivity contribution in [1.82, 2.24) is 0 Å². The quantitative estimate of drug-likeness (QED) is 0.0554. The Morgan fingerprint density at radius 1 is 0.565 bits per heavy atom. The summed E-state index contributed by atoms with van der Waals surface area (Å²) in [6.45, 7) is 0. The smallest absolute Gasteiger partial charge is 0.296 e. The average Bonchev–Trinajstić information content (AvgIpc) is 2.99. The molecule has 0 amide bonds. The molecule has 0 aliphatic rings. The third-order valence-corrected chi connectivity index (χ3v) is 8.03. The van der Waals surface area contributed by atoms with Crippen LogP contribution in [0.3, 0.4) is 0 Å². The van der Waals surface area contributed by atoms with Gasteiger partial charge in [-0.3, -0.25) is 9.11 Å². The van der Waals surface area contributed by atoms with Crippen molar-refractivity contribution in [2.24, 2.45) is 30.7 Å². The molecule has 0 spiro atoms. The third-order valence-electron chi connectivity index (χ3n) is 6.29. The van der Waals surface area contributed by atoms with E-state index in [0.29, 0.717) is 11.4 Å². The van der Waals surface area contributed by atoms with Crippen LogP contribution in [0.5, 0.6) is 11.5 Å². The first kappa shape index (κ1) is 31.6. The molecule has 0 saturated carbocycles. The summed E-state index contributed by atoms with van der Waals surface area (Å²) in [6.07, 6.45) is 0. The Morgan fingerprint density at radius 3 is 1.61 bits per heavy atom. The molecule has 5 rings (SSSR count). The predicted molar refractivity (Wildman–Crippen MR) is 168 cm³/mol. The molecule has 0 heterocycles. The normalized spacial score (nSPS) is 12.6. The molecule has 18 heteroatoms. The van der Waals surface area contributed by atoms with E-state index in [1.54, 1.807) is 30.3 Å². The Balaban J connectivity index is 1.58. The van der Waals surface area contributed by atoms with Gasteiger partial charge in [0.2, 0.25) is 0 Å². The number of aromatic hydroxyl groups is 2. The third kappa shape index (κ3) is 6.79. The number of hydrogen-bond acceptors (Lipinski definition) is 14. The van der Waals surface area contributed by atoms with E-state index in [0.717, 1.165) is 12.1 Å². The lowest BCUT2D eigenvalue weighted by Gasteiger charge is -2.14. The zero-order valence-electron chi connectivity index (χ0n) is 23.2. The van der Waals surface area contributed by atoms with E-state index < -0.39 is 52.8 Å². The highest BCUT2D eigenvalue weighted by Gasteiger charge is 2.28. The van der Waals surface area contributed by atoms with Gasteiger partial charge < -0.3 is 21.7 Å². The van der Waals surface area contributed by atoms with Gasteiger partial charge in [-0.1, -0.05) is 18.2 Å². The molecular weight excluding hydrogens is 640 g/mol. The highest BCUT2D eigenvalue weighted by Crippen LogP contribution is 2.48. The molecule has 0 aromatic heterocycles. The Kier molecular flexibility index (Phi) is 8.44. The lowest BCUT2D eigenvalue weighted by Crippen LogP contribution is -2.03. The molecule has 0 atom stereocenters. The maximum absolute atomic E-state index is 12.3. The van der Waals surface area contributed by atoms with Gasteiger partial charge in [0.1, 0.15) is 32.6 Å². The molecule has 5 aromatic carbocycles. The topological polar surface area (TPSA) is 275 Å². The maximum Gasteiger partial charge on any atom is 0.296 e. The first-order valence-corrected chi connectivity index (χ1v) is 15.7. The Labute approximate surface area is 260 Å². The van der Waals surface area contributed by atoms with Crippen molar-refractivity contribution in [2.75, 3.05) is 11.5 Å². The van der Waals surface area contributed by atoms with Gasteiger partial charge in [0, 0.05) is 6.07 Å². The molecule has 0 radical (unpaired) electrons. The van der Waals surface area contributed by atoms with Crippen molar-refractivity contribution in [3.05, 3.63) is 84.9 Å². The first-order valence-electron chi connectivity index (χ1n) is 12.8. The van der Waals surface area contributed by atoms with E-state index in [1.165, 1.54) is 42.5 Å². The fourth-order valence-corrected chi connectivity index (χ4v) is 5.47. The van der Waals surface area contributed by atoms with Crippen LogP contribution in [-0.4, -0.2) is 36.2 Å². The number of nitrogen functional groups attached to an aromatic ring is 2. The van der Waals surface area contributed by atoms with Crippen molar-refractivity contribution in [3.8, 4) is 11.5 Å². The van der Waals surface area contributed by atoms with E-state index in [4.69, 9.17) is 11.5 Å². The number of fused-ring (bicyclic) bond motifs is 1. The van der Waals surface area contributed by atoms with Crippen LogP contribution < -0.4 is 11.5 Å². The highest BCUT2D eigenvalue weighted by atomic mass is 32.2. The molecule has 0 unspecified atom stereocenters. The summed E-state index contributed by atoms with van der Waals surface area (Å²) in [6, 6.07) is 19.8. The molecule has 5 aromatic rings. The van der Waals surface area contributed by atoms with E-state index in [2.05, 4.69) is 30.7 Å². The highest BCUT2D eigenvalue weighted by molar-refractivity contribution is 7.86. The number of nitrogens with two attached hydrogens (primary N) is 2. The first-order chi connectivity index (χ1) is 21.7. The van der Waals surface area contributed by atoms with E-state index in [1.807, 2.05) is 0 Å². The van der Waals surface area contributed by atoms with Gasteiger partial charge in [0.05, 0.1) is 33.8 Å². The van der Waals surface area contributed by atoms with Crippen LogP contribution in [0, 0.1) is 0 Å². The molecular formula is C28H22N8O8S2. The fourth-order valence-electron chi connectivity index (χ4n) is 4.14. The van der Waals surface area contributed by atoms with Crippen molar-refractivity contribution in [1.29, 1.82) is 0 Å². The number of phenolic OH excluding ortho intramolecular Hbond substituents is 2. The largest absolute Gasteiger partial charge is 0.508 e. The Morgan fingerprint density at radius 2 is 1.07 bits per heavy atom. The summed E-state index contributed by atoms with van der Waals surface area (Å²) in [5.41, 5.74) is 11.6. The molecule has 0 fully saturated rings. The van der Waals surface area contributed by atoms with Gasteiger partial charge in [0.25, 0.3) is 20.2 Å². The fraction of sp³-hybridized carbons (Fsp3) is 0. The number of benzene rings is 5. The van der Waals surface area contributed by atoms with Crippen LogP contribution in [0.4, 0.5) is 45.5 Å². The lowest BCUT2D eigenvalue weighted by atomic mass is 10.1. The summed E-state index contributed by atoms with van der Waals surface area (Å²) in [5, 5.41) is 43.6. The van der Waals surface area contributed by atoms with Gasteiger partial charge in [-0.15, -0.1) is 15.3 Å². The molecule has 0 bridgehead atoms. The minimum absolute atomic E-state index is 0.0255. The summed E-state index contributed by atoms with van der Waals surface area (Å²) in [4.78, 5) is -1.77. The SMILES string of the molecule is Nc1cc(O)ccc1N=Nc1ccc(N=Nc2c(S(=O)(=O)O)cc3cc(S(=O)(=O)O)c(N=Nc4ccccc4)c(O)c3c2N)cc1. The van der Waals surface area contributed by atoms with Gasteiger partial charge in [-0.25, -0.2) is 0 Å². The second-order valence-corrected chi connectivity index (χ2v) is 12.2. The van der Waals surface area contributed by atoms with Gasteiger partial charge >= 0.3 is 0 Å². The molecule has 0 saturated heterocycles. The van der Waals surface area contributed by atoms with E-state index >= 15 is 0 Å². The van der Waals surface area contributed by atoms with Crippen LogP contribution in [0.25, 0.3) is 10.8 Å². The monoisotopic (exact) mass is 662 g/mol. The average molecular weight is 663 g/mol. The number of phenols is 2. The van der Waals surface area contributed by atoms with Gasteiger partial charge in [-0.05, 0) is 66.0 Å². The van der Waals surface area contributed by atoms with Crippen LogP contribution in [0.15, 0.2) is 125 Å².